The molecule has 1 aromatic carbocycles. The fourth-order valence-corrected chi connectivity index (χ4v) is 2.36. The summed E-state index contributed by atoms with van der Waals surface area (Å²) in [6.07, 6.45) is 0. The summed E-state index contributed by atoms with van der Waals surface area (Å²) in [7, 11) is -2.12. The Labute approximate surface area is 125 Å². The highest BCUT2D eigenvalue weighted by atomic mass is 32.2. The van der Waals surface area contributed by atoms with Crippen LogP contribution in [0.2, 0.25) is 0 Å². The molecule has 0 unspecified atom stereocenters. The van der Waals surface area contributed by atoms with E-state index in [-0.39, 0.29) is 23.0 Å². The van der Waals surface area contributed by atoms with E-state index in [4.69, 9.17) is 10.9 Å². The number of rotatable bonds is 6. The largest absolute Gasteiger partial charge is 0.398 e. The van der Waals surface area contributed by atoms with Crippen LogP contribution in [-0.4, -0.2) is 34.5 Å². The first-order valence-electron chi connectivity index (χ1n) is 6.51. The van der Waals surface area contributed by atoms with Gasteiger partial charge in [0.15, 0.2) is 0 Å². The van der Waals surface area contributed by atoms with Gasteiger partial charge in [0.25, 0.3) is 0 Å². The molecule has 21 heavy (non-hydrogen) atoms. The van der Waals surface area contributed by atoms with Crippen LogP contribution in [0.4, 0.5) is 11.4 Å². The van der Waals surface area contributed by atoms with Crippen LogP contribution in [0.5, 0.6) is 0 Å². The SMILES string of the molecule is CC(C)CNC(=O)CN(C)c1ccc(S(N)(=O)=O)c(N)c1. The van der Waals surface area contributed by atoms with Gasteiger partial charge in [0, 0.05) is 19.3 Å². The minimum absolute atomic E-state index is 0.0597. The van der Waals surface area contributed by atoms with Gasteiger partial charge in [0.2, 0.25) is 15.9 Å². The van der Waals surface area contributed by atoms with Crippen molar-refractivity contribution in [1.29, 1.82) is 0 Å². The maximum Gasteiger partial charge on any atom is 0.240 e. The number of likely N-dealkylation sites (N-methyl/N-ethyl adjacent to an activating group) is 1. The van der Waals surface area contributed by atoms with Gasteiger partial charge < -0.3 is 16.0 Å². The Bertz CT molecular complexity index is 614. The number of nitrogen functional groups attached to an aromatic ring is 1. The Morgan fingerprint density at radius 3 is 2.48 bits per heavy atom. The van der Waals surface area contributed by atoms with E-state index < -0.39 is 10.0 Å². The van der Waals surface area contributed by atoms with Crippen molar-refractivity contribution in [3.8, 4) is 0 Å². The molecule has 0 saturated carbocycles. The van der Waals surface area contributed by atoms with Gasteiger partial charge >= 0.3 is 0 Å². The zero-order valence-electron chi connectivity index (χ0n) is 12.5. The van der Waals surface area contributed by atoms with Gasteiger partial charge in [-0.25, -0.2) is 13.6 Å². The molecule has 0 aliphatic carbocycles. The van der Waals surface area contributed by atoms with E-state index in [0.29, 0.717) is 18.2 Å². The maximum atomic E-state index is 11.7. The standard InChI is InChI=1S/C13H22N4O3S/c1-9(2)7-16-13(18)8-17(3)10-4-5-12(11(14)6-10)21(15,19)20/h4-6,9H,7-8,14H2,1-3H3,(H,16,18)(H2,15,19,20). The molecule has 0 saturated heterocycles. The molecule has 0 atom stereocenters. The van der Waals surface area contributed by atoms with Crippen molar-refractivity contribution in [1.82, 2.24) is 5.32 Å². The Balaban J connectivity index is 2.78. The topological polar surface area (TPSA) is 119 Å². The van der Waals surface area contributed by atoms with Crippen molar-refractivity contribution < 1.29 is 13.2 Å². The van der Waals surface area contributed by atoms with E-state index in [1.807, 2.05) is 13.8 Å². The second kappa shape index (κ2) is 6.77. The highest BCUT2D eigenvalue weighted by Crippen LogP contribution is 2.23. The van der Waals surface area contributed by atoms with E-state index in [1.54, 1.807) is 18.0 Å². The van der Waals surface area contributed by atoms with E-state index in [0.717, 1.165) is 0 Å². The summed E-state index contributed by atoms with van der Waals surface area (Å²) >= 11 is 0. The molecule has 0 aromatic heterocycles. The van der Waals surface area contributed by atoms with Gasteiger partial charge in [-0.05, 0) is 24.1 Å². The monoisotopic (exact) mass is 314 g/mol. The third kappa shape index (κ3) is 5.24. The van der Waals surface area contributed by atoms with Gasteiger partial charge in [-0.1, -0.05) is 13.8 Å². The molecule has 0 radical (unpaired) electrons. The molecule has 0 heterocycles. The van der Waals surface area contributed by atoms with Gasteiger partial charge in [-0.2, -0.15) is 0 Å². The van der Waals surface area contributed by atoms with Crippen LogP contribution in [0.25, 0.3) is 0 Å². The predicted octanol–water partition coefficient (Wildman–Crippen LogP) is 0.125. The molecule has 7 nitrogen and oxygen atoms in total. The number of carbonyl (C=O) groups excluding carboxylic acids is 1. The maximum absolute atomic E-state index is 11.7. The fraction of sp³-hybridized carbons (Fsp3) is 0.462. The lowest BCUT2D eigenvalue weighted by Gasteiger charge is -2.20. The number of benzene rings is 1. The molecule has 1 amide bonds. The van der Waals surface area contributed by atoms with Crippen LogP contribution in [0.1, 0.15) is 13.8 Å². The molecule has 0 aliphatic heterocycles. The normalized spacial score (nSPS) is 11.5. The Kier molecular flexibility index (Phi) is 5.56. The zero-order valence-corrected chi connectivity index (χ0v) is 13.3. The van der Waals surface area contributed by atoms with Crippen LogP contribution in [0.15, 0.2) is 23.1 Å². The molecule has 0 bridgehead atoms. The second-order valence-corrected chi connectivity index (χ2v) is 6.85. The van der Waals surface area contributed by atoms with Gasteiger partial charge in [0.1, 0.15) is 4.90 Å². The predicted molar refractivity (Wildman–Crippen MR) is 83.3 cm³/mol. The van der Waals surface area contributed by atoms with E-state index in [9.17, 15) is 13.2 Å². The Morgan fingerprint density at radius 1 is 1.38 bits per heavy atom. The lowest BCUT2D eigenvalue weighted by Crippen LogP contribution is -2.36. The lowest BCUT2D eigenvalue weighted by molar-refractivity contribution is -0.119. The molecule has 118 valence electrons. The van der Waals surface area contributed by atoms with Gasteiger partial charge in [-0.15, -0.1) is 0 Å². The number of primary sulfonamides is 1. The average Bonchev–Trinajstić information content (AvgIpc) is 2.34. The molecule has 0 spiro atoms. The number of nitrogens with two attached hydrogens (primary N) is 2. The number of sulfonamides is 1. The minimum atomic E-state index is -3.84. The first-order valence-corrected chi connectivity index (χ1v) is 8.06. The fourth-order valence-electron chi connectivity index (χ4n) is 1.71. The summed E-state index contributed by atoms with van der Waals surface area (Å²) in [5.74, 6) is 0.268. The highest BCUT2D eigenvalue weighted by Gasteiger charge is 2.14. The molecule has 8 heteroatoms. The number of nitrogens with zero attached hydrogens (tertiary/aromatic N) is 1. The van der Waals surface area contributed by atoms with E-state index in [2.05, 4.69) is 5.32 Å². The summed E-state index contributed by atoms with van der Waals surface area (Å²) in [4.78, 5) is 13.3. The van der Waals surface area contributed by atoms with Crippen molar-refractivity contribution in [2.75, 3.05) is 30.8 Å². The molecule has 0 aliphatic rings. The van der Waals surface area contributed by atoms with Crippen molar-refractivity contribution in [3.63, 3.8) is 0 Å². The van der Waals surface area contributed by atoms with Crippen LogP contribution in [-0.2, 0) is 14.8 Å². The number of hydrogen-bond acceptors (Lipinski definition) is 5. The number of nitrogens with one attached hydrogen (secondary N) is 1. The number of carbonyl (C=O) groups is 1. The van der Waals surface area contributed by atoms with Crippen LogP contribution >= 0.6 is 0 Å². The molecule has 5 N–H and O–H groups in total. The van der Waals surface area contributed by atoms with Crippen molar-refractivity contribution in [3.05, 3.63) is 18.2 Å². The molecule has 0 fully saturated rings. The minimum Gasteiger partial charge on any atom is -0.398 e. The quantitative estimate of drug-likeness (QED) is 0.645. The summed E-state index contributed by atoms with van der Waals surface area (Å²) < 4.78 is 22.6. The molecule has 1 aromatic rings. The smallest absolute Gasteiger partial charge is 0.240 e. The number of amides is 1. The number of anilines is 2. The summed E-state index contributed by atoms with van der Waals surface area (Å²) in [6, 6.07) is 4.38. The van der Waals surface area contributed by atoms with Crippen LogP contribution < -0.4 is 21.1 Å². The summed E-state index contributed by atoms with van der Waals surface area (Å²) in [5.41, 5.74) is 6.39. The summed E-state index contributed by atoms with van der Waals surface area (Å²) in [6.45, 7) is 4.79. The second-order valence-electron chi connectivity index (χ2n) is 5.32. The van der Waals surface area contributed by atoms with Crippen LogP contribution in [0.3, 0.4) is 0 Å². The van der Waals surface area contributed by atoms with Crippen molar-refractivity contribution in [2.24, 2.45) is 11.1 Å². The first-order chi connectivity index (χ1) is 9.61. The van der Waals surface area contributed by atoms with Gasteiger partial charge in [0.05, 0.1) is 12.2 Å². The van der Waals surface area contributed by atoms with E-state index in [1.165, 1.54) is 12.1 Å². The molecular formula is C13H22N4O3S. The Hall–Kier alpha value is -1.80. The van der Waals surface area contributed by atoms with E-state index >= 15 is 0 Å². The zero-order chi connectivity index (χ0) is 16.2. The third-order valence-electron chi connectivity index (χ3n) is 2.83. The Morgan fingerprint density at radius 2 is 2.00 bits per heavy atom. The van der Waals surface area contributed by atoms with Crippen molar-refractivity contribution >= 4 is 27.3 Å². The van der Waals surface area contributed by atoms with Crippen LogP contribution in [0, 0.1) is 5.92 Å². The van der Waals surface area contributed by atoms with Gasteiger partial charge in [-0.3, -0.25) is 4.79 Å². The molecular weight excluding hydrogens is 292 g/mol. The lowest BCUT2D eigenvalue weighted by atomic mass is 10.2. The average molecular weight is 314 g/mol. The number of hydrogen-bond donors (Lipinski definition) is 3. The molecule has 1 rings (SSSR count). The van der Waals surface area contributed by atoms with Crippen molar-refractivity contribution in [2.45, 2.75) is 18.7 Å². The highest BCUT2D eigenvalue weighted by molar-refractivity contribution is 7.89. The first kappa shape index (κ1) is 17.3. The summed E-state index contributed by atoms with van der Waals surface area (Å²) in [5, 5.41) is 7.85. The third-order valence-corrected chi connectivity index (χ3v) is 3.81.